The molecular weight excluding hydrogens is 506 g/mol. The molecule has 2 saturated heterocycles. The van der Waals surface area contributed by atoms with Crippen molar-refractivity contribution >= 4 is 51.7 Å². The highest BCUT2D eigenvalue weighted by Crippen LogP contribution is 2.26. The molecule has 2 aliphatic rings. The maximum atomic E-state index is 13.3. The summed E-state index contributed by atoms with van der Waals surface area (Å²) in [6, 6.07) is 11.6. The Labute approximate surface area is 223 Å². The van der Waals surface area contributed by atoms with Crippen molar-refractivity contribution in [2.45, 2.75) is 25.0 Å². The number of fused-ring (bicyclic) bond motifs is 1. The SMILES string of the molecule is Nc1[nH]cc2cc(NC(=O)[C@H](O)[C@H]3OCCN(c4cccc(C(=O)N5CCC(C(=O)O)CC5)c4)C3=O)ccc12. The second-order valence-electron chi connectivity index (χ2n) is 9.67. The summed E-state index contributed by atoms with van der Waals surface area (Å²) in [4.78, 5) is 56.2. The summed E-state index contributed by atoms with van der Waals surface area (Å²) < 4.78 is 5.49. The van der Waals surface area contributed by atoms with Crippen molar-refractivity contribution in [3.63, 3.8) is 0 Å². The molecule has 12 nitrogen and oxygen atoms in total. The fourth-order valence-corrected chi connectivity index (χ4v) is 5.00. The van der Waals surface area contributed by atoms with Crippen LogP contribution < -0.4 is 16.0 Å². The van der Waals surface area contributed by atoms with Crippen molar-refractivity contribution in [2.75, 3.05) is 42.2 Å². The molecule has 0 spiro atoms. The van der Waals surface area contributed by atoms with Crippen LogP contribution in [-0.2, 0) is 19.1 Å². The standard InChI is InChI=1S/C27H29N5O7/c28-23-20-5-4-18(12-17(20)14-29-23)30-24(34)21(33)22-26(36)32(10-11-39-22)19-3-1-2-16(13-19)25(35)31-8-6-15(7-9-31)27(37)38/h1-5,12-15,21-22,29,33H,6-11,28H2,(H,30,34)(H,37,38)/t21-,22-/m1/s1. The molecule has 2 atom stereocenters. The molecule has 12 heteroatoms. The Hall–Kier alpha value is -4.42. The van der Waals surface area contributed by atoms with Crippen molar-refractivity contribution in [1.82, 2.24) is 9.88 Å². The highest BCUT2D eigenvalue weighted by Gasteiger charge is 2.39. The average Bonchev–Trinajstić information content (AvgIpc) is 3.32. The van der Waals surface area contributed by atoms with Crippen molar-refractivity contribution in [1.29, 1.82) is 0 Å². The summed E-state index contributed by atoms with van der Waals surface area (Å²) >= 11 is 0. The Bertz CT molecular complexity index is 1430. The number of carboxylic acid groups (broad SMARTS) is 1. The van der Waals surface area contributed by atoms with E-state index in [0.717, 1.165) is 10.8 Å². The smallest absolute Gasteiger partial charge is 0.306 e. The first kappa shape index (κ1) is 26.2. The number of anilines is 3. The zero-order chi connectivity index (χ0) is 27.7. The first-order chi connectivity index (χ1) is 18.7. The zero-order valence-electron chi connectivity index (χ0n) is 21.0. The molecule has 3 amide bonds. The maximum Gasteiger partial charge on any atom is 0.306 e. The second-order valence-corrected chi connectivity index (χ2v) is 9.67. The number of piperidine rings is 1. The van der Waals surface area contributed by atoms with E-state index in [0.29, 0.717) is 48.7 Å². The summed E-state index contributed by atoms with van der Waals surface area (Å²) in [6.45, 7) is 0.932. The molecular formula is C27H29N5O7. The highest BCUT2D eigenvalue weighted by molar-refractivity contribution is 6.05. The van der Waals surface area contributed by atoms with Gasteiger partial charge >= 0.3 is 5.97 Å². The number of ether oxygens (including phenoxy) is 1. The molecule has 6 N–H and O–H groups in total. The fourth-order valence-electron chi connectivity index (χ4n) is 5.00. The molecule has 39 heavy (non-hydrogen) atoms. The van der Waals surface area contributed by atoms with Crippen molar-refractivity contribution in [2.24, 2.45) is 5.92 Å². The molecule has 3 aromatic rings. The lowest BCUT2D eigenvalue weighted by Crippen LogP contribution is -2.55. The molecule has 1 aromatic heterocycles. The summed E-state index contributed by atoms with van der Waals surface area (Å²) in [5, 5.41) is 24.1. The van der Waals surface area contributed by atoms with Crippen LogP contribution in [0.5, 0.6) is 0 Å². The largest absolute Gasteiger partial charge is 0.481 e. The van der Waals surface area contributed by atoms with E-state index in [-0.39, 0.29) is 19.1 Å². The number of nitrogens with zero attached hydrogens (tertiary/aromatic N) is 2. The molecule has 204 valence electrons. The number of aliphatic hydroxyl groups is 1. The predicted molar refractivity (Wildman–Crippen MR) is 142 cm³/mol. The average molecular weight is 536 g/mol. The number of H-pyrrole nitrogens is 1. The van der Waals surface area contributed by atoms with Crippen LogP contribution in [0.1, 0.15) is 23.2 Å². The van der Waals surface area contributed by atoms with Gasteiger partial charge in [0.2, 0.25) is 0 Å². The summed E-state index contributed by atoms with van der Waals surface area (Å²) in [6.07, 6.45) is -0.735. The molecule has 3 heterocycles. The molecule has 0 radical (unpaired) electrons. The number of nitrogen functional groups attached to an aromatic ring is 1. The summed E-state index contributed by atoms with van der Waals surface area (Å²) in [7, 11) is 0. The van der Waals surface area contributed by atoms with Gasteiger partial charge in [-0.3, -0.25) is 19.2 Å². The van der Waals surface area contributed by atoms with Gasteiger partial charge in [-0.05, 0) is 49.2 Å². The summed E-state index contributed by atoms with van der Waals surface area (Å²) in [5.41, 5.74) is 7.06. The number of hydrogen-bond donors (Lipinski definition) is 5. The van der Waals surface area contributed by atoms with E-state index in [1.165, 1.54) is 4.90 Å². The first-order valence-corrected chi connectivity index (χ1v) is 12.6. The second kappa shape index (κ2) is 10.8. The van der Waals surface area contributed by atoms with E-state index < -0.39 is 35.9 Å². The summed E-state index contributed by atoms with van der Waals surface area (Å²) in [5.74, 6) is -2.47. The lowest BCUT2D eigenvalue weighted by Gasteiger charge is -2.34. The zero-order valence-corrected chi connectivity index (χ0v) is 21.0. The number of aliphatic carboxylic acids is 1. The van der Waals surface area contributed by atoms with Crippen LogP contribution in [-0.4, -0.2) is 82.2 Å². The van der Waals surface area contributed by atoms with Crippen molar-refractivity contribution in [3.05, 3.63) is 54.2 Å². The Kier molecular flexibility index (Phi) is 7.22. The highest BCUT2D eigenvalue weighted by atomic mass is 16.5. The molecule has 2 aromatic carbocycles. The number of benzene rings is 2. The fraction of sp³-hybridized carbons (Fsp3) is 0.333. The Morgan fingerprint density at radius 2 is 1.87 bits per heavy atom. The van der Waals surface area contributed by atoms with Gasteiger partial charge in [-0.15, -0.1) is 0 Å². The Morgan fingerprint density at radius 1 is 1.10 bits per heavy atom. The van der Waals surface area contributed by atoms with Gasteiger partial charge in [0.1, 0.15) is 5.82 Å². The molecule has 5 rings (SSSR count). The number of nitrogens with one attached hydrogen (secondary N) is 2. The van der Waals surface area contributed by atoms with E-state index in [4.69, 9.17) is 10.5 Å². The number of aliphatic hydroxyl groups excluding tert-OH is 1. The van der Waals surface area contributed by atoms with E-state index in [2.05, 4.69) is 10.3 Å². The Morgan fingerprint density at radius 3 is 2.62 bits per heavy atom. The first-order valence-electron chi connectivity index (χ1n) is 12.6. The van der Waals surface area contributed by atoms with Gasteiger partial charge in [0.05, 0.1) is 12.5 Å². The minimum absolute atomic E-state index is 0.0796. The third-order valence-electron chi connectivity index (χ3n) is 7.21. The van der Waals surface area contributed by atoms with Gasteiger partial charge in [-0.1, -0.05) is 6.07 Å². The van der Waals surface area contributed by atoms with Gasteiger partial charge < -0.3 is 40.8 Å². The Balaban J connectivity index is 1.26. The van der Waals surface area contributed by atoms with Crippen LogP contribution in [0.15, 0.2) is 48.7 Å². The number of carbonyl (C=O) groups is 4. The van der Waals surface area contributed by atoms with Gasteiger partial charge in [0, 0.05) is 53.5 Å². The van der Waals surface area contributed by atoms with E-state index >= 15 is 0 Å². The lowest BCUT2D eigenvalue weighted by molar-refractivity contribution is -0.150. The van der Waals surface area contributed by atoms with Crippen molar-refractivity contribution in [3.8, 4) is 0 Å². The number of rotatable bonds is 6. The number of aromatic amines is 1. The van der Waals surface area contributed by atoms with Crippen LogP contribution in [0.2, 0.25) is 0 Å². The monoisotopic (exact) mass is 535 g/mol. The number of carbonyl (C=O) groups excluding carboxylic acids is 3. The van der Waals surface area contributed by atoms with Gasteiger partial charge in [0.15, 0.2) is 12.2 Å². The van der Waals surface area contributed by atoms with Crippen molar-refractivity contribution < 1.29 is 34.1 Å². The van der Waals surface area contributed by atoms with Gasteiger partial charge in [-0.2, -0.15) is 0 Å². The van der Waals surface area contributed by atoms with E-state index in [1.807, 2.05) is 0 Å². The van der Waals surface area contributed by atoms with Crippen LogP contribution in [0, 0.1) is 5.92 Å². The molecule has 0 aliphatic carbocycles. The molecule has 0 saturated carbocycles. The van der Waals surface area contributed by atoms with E-state index in [1.54, 1.807) is 53.6 Å². The van der Waals surface area contributed by atoms with Gasteiger partial charge in [0.25, 0.3) is 17.7 Å². The lowest BCUT2D eigenvalue weighted by atomic mass is 9.96. The van der Waals surface area contributed by atoms with Crippen LogP contribution in [0.4, 0.5) is 17.2 Å². The van der Waals surface area contributed by atoms with Crippen LogP contribution >= 0.6 is 0 Å². The molecule has 0 unspecified atom stereocenters. The van der Waals surface area contributed by atoms with Crippen LogP contribution in [0.3, 0.4) is 0 Å². The minimum Gasteiger partial charge on any atom is -0.481 e. The predicted octanol–water partition coefficient (Wildman–Crippen LogP) is 1.42. The van der Waals surface area contributed by atoms with Gasteiger partial charge in [-0.25, -0.2) is 0 Å². The number of aromatic nitrogens is 1. The van der Waals surface area contributed by atoms with Crippen LogP contribution in [0.25, 0.3) is 10.8 Å². The number of morpholine rings is 1. The molecule has 0 bridgehead atoms. The normalized spacial score (nSPS) is 19.2. The number of carboxylic acids is 1. The maximum absolute atomic E-state index is 13.3. The molecule has 2 aliphatic heterocycles. The number of hydrogen-bond acceptors (Lipinski definition) is 7. The molecule has 2 fully saturated rings. The topological polar surface area (TPSA) is 178 Å². The number of likely N-dealkylation sites (tertiary alicyclic amines) is 1. The quantitative estimate of drug-likeness (QED) is 0.314. The number of nitrogens with two attached hydrogens (primary N) is 1. The van der Waals surface area contributed by atoms with E-state index in [9.17, 15) is 29.4 Å². The number of amides is 3. The minimum atomic E-state index is -1.77. The third kappa shape index (κ3) is 5.29. The third-order valence-corrected chi connectivity index (χ3v) is 7.21.